The molecule has 10 nitrogen and oxygen atoms in total. The molecule has 6 rings (SSSR count). The number of ether oxygens (including phenoxy) is 5. The van der Waals surface area contributed by atoms with Gasteiger partial charge in [-0.05, 0) is 37.8 Å². The molecule has 12 atom stereocenters. The first kappa shape index (κ1) is 30.8. The van der Waals surface area contributed by atoms with Gasteiger partial charge in [0.15, 0.2) is 17.0 Å². The van der Waals surface area contributed by atoms with Gasteiger partial charge in [-0.1, -0.05) is 64.5 Å². The van der Waals surface area contributed by atoms with E-state index in [0.29, 0.717) is 5.57 Å². The third-order valence-electron chi connectivity index (χ3n) is 10.8. The standard InChI is InChI=1S/C33H44O10/c1-7-9-10-11-12-13-14-15-30-41-27-23-26-29(17-34,40-26)28(37)31(38)21(16-19(5)24(31)36)33(23,43-30)20(6)25(39-22(35)8-2)32(27,42-30)18(3)4/h12-16,20-21,23,25-28,34,37-38H,3,7-11,17H2,1-2,4-6H3/b13-12+,15-14+/t20-,21-,23+,25-,26+,27-,28-,29+,30-,31-,32+,33+/m1/s1. The average Bonchev–Trinajstić information content (AvgIpc) is 3.61. The van der Waals surface area contributed by atoms with Gasteiger partial charge >= 0.3 is 11.9 Å². The summed E-state index contributed by atoms with van der Waals surface area (Å²) < 4.78 is 32.7. The molecule has 3 N–H and O–H groups in total. The maximum Gasteiger partial charge on any atom is 0.307 e. The van der Waals surface area contributed by atoms with Crippen molar-refractivity contribution in [2.75, 3.05) is 6.61 Å². The number of allylic oxidation sites excluding steroid dienone is 3. The van der Waals surface area contributed by atoms with Crippen LogP contribution in [0.15, 0.2) is 48.1 Å². The number of rotatable bonds is 10. The first-order chi connectivity index (χ1) is 20.4. The largest absolute Gasteiger partial charge is 0.458 e. The number of hydrogen-bond donors (Lipinski definition) is 3. The number of aliphatic hydroxyl groups is 3. The van der Waals surface area contributed by atoms with E-state index in [9.17, 15) is 24.9 Å². The molecule has 0 aromatic carbocycles. The predicted octanol–water partition coefficient (Wildman–Crippen LogP) is 2.80. The zero-order valence-corrected chi connectivity index (χ0v) is 25.6. The summed E-state index contributed by atoms with van der Waals surface area (Å²) in [5.41, 5.74) is -6.12. The summed E-state index contributed by atoms with van der Waals surface area (Å²) in [5.74, 6) is -5.49. The second kappa shape index (κ2) is 10.2. The van der Waals surface area contributed by atoms with E-state index in [4.69, 9.17) is 23.7 Å². The quantitative estimate of drug-likeness (QED) is 0.113. The lowest BCUT2D eigenvalue weighted by molar-refractivity contribution is -0.407. The van der Waals surface area contributed by atoms with Crippen LogP contribution in [0.5, 0.6) is 0 Å². The molecule has 3 heterocycles. The average molecular weight is 601 g/mol. The first-order valence-corrected chi connectivity index (χ1v) is 15.6. The zero-order chi connectivity index (χ0) is 31.2. The lowest BCUT2D eigenvalue weighted by Crippen LogP contribution is -2.76. The van der Waals surface area contributed by atoms with Crippen molar-refractivity contribution >= 4 is 11.8 Å². The summed E-state index contributed by atoms with van der Waals surface area (Å²) in [6.07, 6.45) is 8.85. The molecule has 3 saturated heterocycles. The highest BCUT2D eigenvalue weighted by Crippen LogP contribution is 2.73. The molecule has 2 saturated carbocycles. The van der Waals surface area contributed by atoms with Crippen LogP contribution >= 0.6 is 0 Å². The van der Waals surface area contributed by atoms with Gasteiger partial charge in [-0.25, -0.2) is 0 Å². The molecule has 10 heteroatoms. The van der Waals surface area contributed by atoms with Gasteiger partial charge in [0.05, 0.1) is 12.2 Å². The van der Waals surface area contributed by atoms with Crippen molar-refractivity contribution in [3.63, 3.8) is 0 Å². The minimum absolute atomic E-state index is 0.106. The molecule has 3 aliphatic heterocycles. The molecule has 0 amide bonds. The highest BCUT2D eigenvalue weighted by atomic mass is 16.9. The van der Waals surface area contributed by atoms with Crippen LogP contribution in [-0.2, 0) is 33.3 Å². The number of ketones is 1. The van der Waals surface area contributed by atoms with Crippen molar-refractivity contribution < 1.29 is 48.6 Å². The molecule has 236 valence electrons. The fourth-order valence-electron chi connectivity index (χ4n) is 8.71. The van der Waals surface area contributed by atoms with Crippen LogP contribution in [0.2, 0.25) is 0 Å². The third-order valence-corrected chi connectivity index (χ3v) is 10.8. The summed E-state index contributed by atoms with van der Waals surface area (Å²) >= 11 is 0. The molecule has 0 aromatic heterocycles. The van der Waals surface area contributed by atoms with E-state index in [-0.39, 0.29) is 12.0 Å². The smallest absolute Gasteiger partial charge is 0.307 e. The molecular formula is C33H44O10. The van der Waals surface area contributed by atoms with E-state index < -0.39 is 88.9 Å². The van der Waals surface area contributed by atoms with Crippen molar-refractivity contribution in [2.24, 2.45) is 17.8 Å². The Balaban J connectivity index is 1.55. The van der Waals surface area contributed by atoms with Crippen LogP contribution in [-0.4, -0.2) is 86.5 Å². The van der Waals surface area contributed by atoms with Crippen LogP contribution < -0.4 is 0 Å². The molecular weight excluding hydrogens is 556 g/mol. The molecule has 3 bridgehead atoms. The van der Waals surface area contributed by atoms with Gasteiger partial charge in [-0.15, -0.1) is 0 Å². The summed E-state index contributed by atoms with van der Waals surface area (Å²) in [7, 11) is 0. The molecule has 0 unspecified atom stereocenters. The summed E-state index contributed by atoms with van der Waals surface area (Å²) in [4.78, 5) is 26.6. The molecule has 0 radical (unpaired) electrons. The van der Waals surface area contributed by atoms with Gasteiger partial charge in [-0.3, -0.25) is 9.59 Å². The SMILES string of the molecule is C=C(C)[C@@]12O[C@@]3(/C=C/C=C/CCCCC)O[C@@H]1[C@@H]1[C@@H]4O[C@]4(CO)[C@@H](O)[C@]4(O)C(=O)C(C)=C[C@H]4[C@@]1(O3)[C@H](C)[C@H]2OC(=O)CC. The third kappa shape index (κ3) is 3.78. The molecule has 3 aliphatic carbocycles. The second-order valence-corrected chi connectivity index (χ2v) is 13.2. The van der Waals surface area contributed by atoms with Crippen LogP contribution in [0.3, 0.4) is 0 Å². The van der Waals surface area contributed by atoms with E-state index in [1.165, 1.54) is 0 Å². The molecule has 6 aliphatic rings. The van der Waals surface area contributed by atoms with Crippen molar-refractivity contribution in [2.45, 2.75) is 120 Å². The Labute approximate surface area is 252 Å². The molecule has 5 fully saturated rings. The molecule has 43 heavy (non-hydrogen) atoms. The van der Waals surface area contributed by atoms with Crippen LogP contribution in [0.4, 0.5) is 0 Å². The monoisotopic (exact) mass is 600 g/mol. The van der Waals surface area contributed by atoms with Gasteiger partial charge in [0, 0.05) is 30.3 Å². The van der Waals surface area contributed by atoms with Crippen molar-refractivity contribution in [1.29, 1.82) is 0 Å². The Morgan fingerprint density at radius 2 is 1.91 bits per heavy atom. The fraction of sp³-hybridized carbons (Fsp3) is 0.697. The number of carbonyl (C=O) groups excluding carboxylic acids is 2. The van der Waals surface area contributed by atoms with E-state index in [1.54, 1.807) is 39.0 Å². The minimum Gasteiger partial charge on any atom is -0.458 e. The number of fused-ring (bicyclic) bond motifs is 3. The maximum absolute atomic E-state index is 13.7. The predicted molar refractivity (Wildman–Crippen MR) is 153 cm³/mol. The first-order valence-electron chi connectivity index (χ1n) is 15.6. The summed E-state index contributed by atoms with van der Waals surface area (Å²) in [6, 6.07) is 0. The van der Waals surface area contributed by atoms with Gasteiger partial charge in [-0.2, -0.15) is 0 Å². The van der Waals surface area contributed by atoms with E-state index in [0.717, 1.165) is 25.7 Å². The molecule has 0 spiro atoms. The van der Waals surface area contributed by atoms with Gasteiger partial charge in [0.2, 0.25) is 0 Å². The van der Waals surface area contributed by atoms with Crippen LogP contribution in [0.1, 0.15) is 66.7 Å². The summed E-state index contributed by atoms with van der Waals surface area (Å²) in [6.45, 7) is 12.7. The van der Waals surface area contributed by atoms with Crippen molar-refractivity contribution in [3.05, 3.63) is 48.1 Å². The Hall–Kier alpha value is -2.18. The number of epoxide rings is 1. The fourth-order valence-corrected chi connectivity index (χ4v) is 8.71. The zero-order valence-electron chi connectivity index (χ0n) is 25.6. The Bertz CT molecular complexity index is 1300. The highest BCUT2D eigenvalue weighted by molar-refractivity contribution is 6.05. The lowest BCUT2D eigenvalue weighted by Gasteiger charge is -2.61. The normalized spacial score (nSPS) is 49.1. The van der Waals surface area contributed by atoms with E-state index in [2.05, 4.69) is 13.5 Å². The van der Waals surface area contributed by atoms with E-state index in [1.807, 2.05) is 19.1 Å². The van der Waals surface area contributed by atoms with Gasteiger partial charge in [0.25, 0.3) is 0 Å². The Morgan fingerprint density at radius 1 is 1.16 bits per heavy atom. The second-order valence-electron chi connectivity index (χ2n) is 13.2. The number of Topliss-reactive ketones (excluding diaryl/α,β-unsaturated/α-hetero) is 1. The lowest BCUT2D eigenvalue weighted by atomic mass is 9.53. The Kier molecular flexibility index (Phi) is 7.29. The van der Waals surface area contributed by atoms with Crippen LogP contribution in [0.25, 0.3) is 0 Å². The van der Waals surface area contributed by atoms with Gasteiger partial charge in [0.1, 0.15) is 30.0 Å². The highest BCUT2D eigenvalue weighted by Gasteiger charge is 2.90. The summed E-state index contributed by atoms with van der Waals surface area (Å²) in [5, 5.41) is 34.6. The Morgan fingerprint density at radius 3 is 2.56 bits per heavy atom. The van der Waals surface area contributed by atoms with Gasteiger partial charge < -0.3 is 39.0 Å². The number of hydrogen-bond acceptors (Lipinski definition) is 10. The molecule has 0 aromatic rings. The van der Waals surface area contributed by atoms with Crippen LogP contribution in [0, 0.1) is 17.8 Å². The number of aliphatic hydroxyl groups excluding tert-OH is 2. The number of esters is 1. The van der Waals surface area contributed by atoms with E-state index >= 15 is 0 Å². The number of carbonyl (C=O) groups is 2. The topological polar surface area (TPSA) is 144 Å². The van der Waals surface area contributed by atoms with Crippen molar-refractivity contribution in [3.8, 4) is 0 Å². The number of unbranched alkanes of at least 4 members (excludes halogenated alkanes) is 3. The minimum atomic E-state index is -2.38. The maximum atomic E-state index is 13.7. The van der Waals surface area contributed by atoms with Crippen molar-refractivity contribution in [1.82, 2.24) is 0 Å².